The van der Waals surface area contributed by atoms with E-state index in [2.05, 4.69) is 6.07 Å². The molecule has 0 heterocycles. The molecular weight excluding hydrogens is 402 g/mol. The van der Waals surface area contributed by atoms with E-state index in [1.165, 1.54) is 0 Å². The zero-order chi connectivity index (χ0) is 21.3. The van der Waals surface area contributed by atoms with E-state index < -0.39 is 5.97 Å². The van der Waals surface area contributed by atoms with Gasteiger partial charge in [-0.3, -0.25) is 0 Å². The van der Waals surface area contributed by atoms with Crippen LogP contribution in [0, 0.1) is 11.3 Å². The molecule has 0 aromatic heterocycles. The number of benzene rings is 3. The number of esters is 1. The largest absolute Gasteiger partial charge is 0.496 e. The molecular formula is C24H18ClNO4. The highest BCUT2D eigenvalue weighted by Gasteiger charge is 2.10. The van der Waals surface area contributed by atoms with Crippen molar-refractivity contribution >= 4 is 29.2 Å². The molecule has 30 heavy (non-hydrogen) atoms. The molecule has 3 aromatic carbocycles. The first-order valence-corrected chi connectivity index (χ1v) is 9.42. The number of halogens is 1. The third kappa shape index (κ3) is 5.40. The Kier molecular flexibility index (Phi) is 7.09. The predicted octanol–water partition coefficient (Wildman–Crippen LogP) is 5.40. The molecule has 0 saturated heterocycles. The summed E-state index contributed by atoms with van der Waals surface area (Å²) in [5.41, 5.74) is 1.95. The Balaban J connectivity index is 1.65. The van der Waals surface area contributed by atoms with Crippen molar-refractivity contribution < 1.29 is 19.0 Å². The highest BCUT2D eigenvalue weighted by atomic mass is 35.5. The molecule has 5 nitrogen and oxygen atoms in total. The second-order valence-corrected chi connectivity index (χ2v) is 6.54. The van der Waals surface area contributed by atoms with Gasteiger partial charge in [0, 0.05) is 5.56 Å². The number of nitrogens with zero attached hydrogens (tertiary/aromatic N) is 1. The number of ether oxygens (including phenoxy) is 3. The fourth-order valence-corrected chi connectivity index (χ4v) is 2.89. The Morgan fingerprint density at radius 2 is 1.67 bits per heavy atom. The molecule has 0 amide bonds. The minimum absolute atomic E-state index is 0.266. The standard InChI is InChI=1S/C24H18ClNO4/c1-28-22-8-4-2-6-20(22)18(15-26)14-17-10-12-19(13-11-17)30-24(27)16-29-23-9-5-3-7-21(23)25/h2-14H,16H2,1H3/b18-14-. The van der Waals surface area contributed by atoms with E-state index >= 15 is 0 Å². The number of carbonyl (C=O) groups is 1. The van der Waals surface area contributed by atoms with Gasteiger partial charge in [-0.1, -0.05) is 48.0 Å². The van der Waals surface area contributed by atoms with Gasteiger partial charge in [0.2, 0.25) is 0 Å². The van der Waals surface area contributed by atoms with Crippen LogP contribution in [0.4, 0.5) is 0 Å². The molecule has 0 atom stereocenters. The predicted molar refractivity (Wildman–Crippen MR) is 116 cm³/mol. The van der Waals surface area contributed by atoms with Gasteiger partial charge in [-0.15, -0.1) is 0 Å². The van der Waals surface area contributed by atoms with Gasteiger partial charge >= 0.3 is 5.97 Å². The summed E-state index contributed by atoms with van der Waals surface area (Å²) in [5, 5.41) is 9.96. The van der Waals surface area contributed by atoms with Crippen LogP contribution in [0.3, 0.4) is 0 Å². The van der Waals surface area contributed by atoms with Gasteiger partial charge < -0.3 is 14.2 Å². The Hall–Kier alpha value is -3.75. The summed E-state index contributed by atoms with van der Waals surface area (Å²) in [6.45, 7) is -0.266. The highest BCUT2D eigenvalue weighted by molar-refractivity contribution is 6.32. The molecule has 0 bridgehead atoms. The van der Waals surface area contributed by atoms with Gasteiger partial charge in [-0.25, -0.2) is 4.79 Å². The van der Waals surface area contributed by atoms with E-state index in [9.17, 15) is 10.1 Å². The molecule has 0 aliphatic rings. The minimum Gasteiger partial charge on any atom is -0.496 e. The van der Waals surface area contributed by atoms with E-state index in [-0.39, 0.29) is 6.61 Å². The number of methoxy groups -OCH3 is 1. The van der Waals surface area contributed by atoms with Crippen molar-refractivity contribution in [2.75, 3.05) is 13.7 Å². The number of carbonyl (C=O) groups excluding carboxylic acids is 1. The van der Waals surface area contributed by atoms with Crippen molar-refractivity contribution in [2.24, 2.45) is 0 Å². The summed E-state index contributed by atoms with van der Waals surface area (Å²) in [6, 6.07) is 23.2. The average molecular weight is 420 g/mol. The molecule has 0 radical (unpaired) electrons. The Morgan fingerprint density at radius 3 is 2.33 bits per heavy atom. The van der Waals surface area contributed by atoms with Crippen LogP contribution in [-0.4, -0.2) is 19.7 Å². The smallest absolute Gasteiger partial charge is 0.349 e. The van der Waals surface area contributed by atoms with Crippen LogP contribution in [0.15, 0.2) is 72.8 Å². The number of nitriles is 1. The normalized spacial score (nSPS) is 10.8. The van der Waals surface area contributed by atoms with Gasteiger partial charge in [0.05, 0.1) is 23.8 Å². The molecule has 3 rings (SSSR count). The molecule has 150 valence electrons. The molecule has 6 heteroatoms. The second kappa shape index (κ2) is 10.1. The third-order valence-electron chi connectivity index (χ3n) is 4.12. The monoisotopic (exact) mass is 419 g/mol. The Morgan fingerprint density at radius 1 is 1.00 bits per heavy atom. The number of hydrogen-bond acceptors (Lipinski definition) is 5. The van der Waals surface area contributed by atoms with Gasteiger partial charge in [0.25, 0.3) is 0 Å². The quantitative estimate of drug-likeness (QED) is 0.222. The lowest BCUT2D eigenvalue weighted by atomic mass is 10.0. The topological polar surface area (TPSA) is 68.5 Å². The van der Waals surface area contributed by atoms with Crippen molar-refractivity contribution in [1.29, 1.82) is 5.26 Å². The van der Waals surface area contributed by atoms with E-state index in [0.29, 0.717) is 33.4 Å². The molecule has 0 aliphatic carbocycles. The second-order valence-electron chi connectivity index (χ2n) is 6.13. The van der Waals surface area contributed by atoms with Crippen LogP contribution in [-0.2, 0) is 4.79 Å². The average Bonchev–Trinajstić information content (AvgIpc) is 2.78. The van der Waals surface area contributed by atoms with Crippen molar-refractivity contribution in [3.63, 3.8) is 0 Å². The van der Waals surface area contributed by atoms with Crippen LogP contribution < -0.4 is 14.2 Å². The van der Waals surface area contributed by atoms with E-state index in [4.69, 9.17) is 25.8 Å². The lowest BCUT2D eigenvalue weighted by Crippen LogP contribution is -2.17. The summed E-state index contributed by atoms with van der Waals surface area (Å²) >= 11 is 5.99. The fourth-order valence-electron chi connectivity index (χ4n) is 2.70. The van der Waals surface area contributed by atoms with E-state index in [1.54, 1.807) is 67.8 Å². The van der Waals surface area contributed by atoms with Crippen LogP contribution >= 0.6 is 11.6 Å². The molecule has 0 spiro atoms. The molecule has 0 saturated carbocycles. The first kappa shape index (κ1) is 21.0. The number of para-hydroxylation sites is 2. The summed E-state index contributed by atoms with van der Waals surface area (Å²) in [6.07, 6.45) is 1.74. The minimum atomic E-state index is -0.551. The molecule has 0 unspecified atom stereocenters. The molecule has 0 aliphatic heterocycles. The number of allylic oxidation sites excluding steroid dienone is 1. The lowest BCUT2D eigenvalue weighted by molar-refractivity contribution is -0.136. The Bertz CT molecular complexity index is 1100. The van der Waals surface area contributed by atoms with E-state index in [0.717, 1.165) is 5.56 Å². The van der Waals surface area contributed by atoms with E-state index in [1.807, 2.05) is 18.2 Å². The number of rotatable bonds is 7. The van der Waals surface area contributed by atoms with Gasteiger partial charge in [-0.2, -0.15) is 5.26 Å². The summed E-state index contributed by atoms with van der Waals surface area (Å²) in [7, 11) is 1.56. The highest BCUT2D eigenvalue weighted by Crippen LogP contribution is 2.27. The van der Waals surface area contributed by atoms with Gasteiger partial charge in [-0.05, 0) is 48.0 Å². The van der Waals surface area contributed by atoms with Crippen molar-refractivity contribution in [3.8, 4) is 23.3 Å². The van der Waals surface area contributed by atoms with Crippen molar-refractivity contribution in [1.82, 2.24) is 0 Å². The maximum atomic E-state index is 12.0. The molecule has 0 N–H and O–H groups in total. The SMILES string of the molecule is COc1ccccc1/C(C#N)=C\c1ccc(OC(=O)COc2ccccc2Cl)cc1. The maximum absolute atomic E-state index is 12.0. The summed E-state index contributed by atoms with van der Waals surface area (Å²) in [4.78, 5) is 12.0. The number of hydrogen-bond donors (Lipinski definition) is 0. The van der Waals surface area contributed by atoms with Crippen molar-refractivity contribution in [2.45, 2.75) is 0 Å². The maximum Gasteiger partial charge on any atom is 0.349 e. The first-order valence-electron chi connectivity index (χ1n) is 9.04. The van der Waals surface area contributed by atoms with Crippen LogP contribution in [0.25, 0.3) is 11.6 Å². The molecule has 0 fully saturated rings. The zero-order valence-electron chi connectivity index (χ0n) is 16.2. The zero-order valence-corrected chi connectivity index (χ0v) is 16.9. The van der Waals surface area contributed by atoms with Crippen LogP contribution in [0.2, 0.25) is 5.02 Å². The third-order valence-corrected chi connectivity index (χ3v) is 4.43. The summed E-state index contributed by atoms with van der Waals surface area (Å²) < 4.78 is 16.0. The Labute approximate surface area is 179 Å². The molecule has 3 aromatic rings. The van der Waals surface area contributed by atoms with Crippen molar-refractivity contribution in [3.05, 3.63) is 88.9 Å². The van der Waals surface area contributed by atoms with Gasteiger partial charge in [0.1, 0.15) is 17.2 Å². The summed E-state index contributed by atoms with van der Waals surface area (Å²) in [5.74, 6) is 0.854. The first-order chi connectivity index (χ1) is 14.6. The lowest BCUT2D eigenvalue weighted by Gasteiger charge is -2.08. The van der Waals surface area contributed by atoms with Crippen LogP contribution in [0.5, 0.6) is 17.2 Å². The van der Waals surface area contributed by atoms with Gasteiger partial charge in [0.15, 0.2) is 6.61 Å². The fraction of sp³-hybridized carbons (Fsp3) is 0.0833. The van der Waals surface area contributed by atoms with Crippen LogP contribution in [0.1, 0.15) is 11.1 Å².